The molecule has 1 atom stereocenters. The predicted octanol–water partition coefficient (Wildman–Crippen LogP) is 1.86. The average molecular weight is 213 g/mol. The molecule has 2 nitrogen and oxygen atoms in total. The van der Waals surface area contributed by atoms with Crippen molar-refractivity contribution in [3.63, 3.8) is 0 Å². The van der Waals surface area contributed by atoms with Crippen LogP contribution < -0.4 is 5.32 Å². The first-order valence-corrected chi connectivity index (χ1v) is 5.53. The highest BCUT2D eigenvalue weighted by molar-refractivity contribution is 5.88. The molecule has 0 aromatic heterocycles. The molecule has 2 heteroatoms. The molecule has 0 aliphatic carbocycles. The van der Waals surface area contributed by atoms with E-state index in [1.54, 1.807) is 6.92 Å². The maximum atomic E-state index is 12.0. The lowest BCUT2D eigenvalue weighted by Crippen LogP contribution is -2.32. The molecule has 2 rings (SSSR count). The minimum atomic E-state index is -0.0224. The van der Waals surface area contributed by atoms with Crippen LogP contribution in [0.15, 0.2) is 24.3 Å². The summed E-state index contributed by atoms with van der Waals surface area (Å²) in [6, 6.07) is 8.14. The molecule has 0 bridgehead atoms. The molecule has 0 saturated carbocycles. The van der Waals surface area contributed by atoms with Crippen molar-refractivity contribution in [2.75, 3.05) is 6.54 Å². The molecule has 1 aromatic rings. The maximum absolute atomic E-state index is 12.0. The minimum Gasteiger partial charge on any atom is -0.312 e. The summed E-state index contributed by atoms with van der Waals surface area (Å²) < 4.78 is 0. The third kappa shape index (κ3) is 2.15. The van der Waals surface area contributed by atoms with E-state index in [0.717, 1.165) is 13.1 Å². The van der Waals surface area contributed by atoms with Gasteiger partial charge in [-0.25, -0.2) is 0 Å². The van der Waals surface area contributed by atoms with E-state index in [0.29, 0.717) is 6.42 Å². The van der Waals surface area contributed by atoms with Crippen molar-refractivity contribution in [3.05, 3.63) is 35.4 Å². The first kappa shape index (κ1) is 10.9. The summed E-state index contributed by atoms with van der Waals surface area (Å²) in [6.45, 7) is 3.36. The summed E-state index contributed by atoms with van der Waals surface area (Å²) >= 11 is 0. The summed E-state index contributed by atoms with van der Waals surface area (Å²) in [5, 5.41) is 3.28. The summed E-state index contributed by atoms with van der Waals surface area (Å²) in [7, 11) is 0. The molecule has 1 N–H and O–H groups in total. The third-order valence-corrected chi connectivity index (χ3v) is 2.92. The molecule has 0 saturated heterocycles. The normalized spacial score (nSPS) is 18.2. The Morgan fingerprint density at radius 2 is 2.31 bits per heavy atom. The van der Waals surface area contributed by atoms with Crippen molar-refractivity contribution in [2.45, 2.75) is 25.8 Å². The maximum Gasteiger partial charge on any atom is 0.153 e. The Bertz CT molecular complexity index is 453. The minimum absolute atomic E-state index is 0.0224. The van der Waals surface area contributed by atoms with Gasteiger partial charge in [0.2, 0.25) is 0 Å². The largest absolute Gasteiger partial charge is 0.312 e. The average Bonchev–Trinajstić information content (AvgIpc) is 2.35. The van der Waals surface area contributed by atoms with Gasteiger partial charge < -0.3 is 5.32 Å². The lowest BCUT2D eigenvalue weighted by Gasteiger charge is -2.24. The molecular formula is C14H15NO. The number of hydrogen-bond acceptors (Lipinski definition) is 2. The van der Waals surface area contributed by atoms with Crippen LogP contribution in [-0.2, 0) is 11.3 Å². The van der Waals surface area contributed by atoms with Crippen LogP contribution in [0.1, 0.15) is 30.4 Å². The summed E-state index contributed by atoms with van der Waals surface area (Å²) in [6.07, 6.45) is 0.358. The number of nitrogens with one attached hydrogen (secondary N) is 1. The third-order valence-electron chi connectivity index (χ3n) is 2.92. The van der Waals surface area contributed by atoms with Gasteiger partial charge in [0.25, 0.3) is 0 Å². The van der Waals surface area contributed by atoms with Crippen LogP contribution in [-0.4, -0.2) is 12.3 Å². The highest BCUT2D eigenvalue weighted by atomic mass is 16.1. The molecule has 0 radical (unpaired) electrons. The molecule has 1 aliphatic rings. The Morgan fingerprint density at radius 3 is 3.12 bits per heavy atom. The molecule has 82 valence electrons. The molecule has 0 fully saturated rings. The Hall–Kier alpha value is -1.59. The highest BCUT2D eigenvalue weighted by Crippen LogP contribution is 2.25. The zero-order valence-electron chi connectivity index (χ0n) is 9.42. The number of fused-ring (bicyclic) bond motifs is 1. The quantitative estimate of drug-likeness (QED) is 0.760. The number of carbonyl (C=O) groups is 1. The Kier molecular flexibility index (Phi) is 3.38. The molecule has 1 heterocycles. The monoisotopic (exact) mass is 213 g/mol. The molecule has 0 amide bonds. The van der Waals surface area contributed by atoms with E-state index in [9.17, 15) is 4.79 Å². The van der Waals surface area contributed by atoms with E-state index in [2.05, 4.69) is 29.3 Å². The van der Waals surface area contributed by atoms with Gasteiger partial charge in [0.1, 0.15) is 0 Å². The van der Waals surface area contributed by atoms with Gasteiger partial charge in [0, 0.05) is 13.1 Å². The topological polar surface area (TPSA) is 29.1 Å². The SMILES string of the molecule is CC#CCC(=O)C1CNCc2ccccc21. The second kappa shape index (κ2) is 4.96. The number of carbonyl (C=O) groups excluding carboxylic acids is 1. The van der Waals surface area contributed by atoms with Crippen molar-refractivity contribution < 1.29 is 4.79 Å². The van der Waals surface area contributed by atoms with Crippen LogP contribution in [0.4, 0.5) is 0 Å². The number of Topliss-reactive ketones (excluding diaryl/α,β-unsaturated/α-hetero) is 1. The van der Waals surface area contributed by atoms with Crippen molar-refractivity contribution in [2.24, 2.45) is 0 Å². The van der Waals surface area contributed by atoms with Gasteiger partial charge in [-0.05, 0) is 18.1 Å². The fourth-order valence-electron chi connectivity index (χ4n) is 2.08. The van der Waals surface area contributed by atoms with E-state index in [1.165, 1.54) is 11.1 Å². The van der Waals surface area contributed by atoms with E-state index in [-0.39, 0.29) is 11.7 Å². The standard InChI is InChI=1S/C14H15NO/c1-2-3-8-14(16)13-10-15-9-11-6-4-5-7-12(11)13/h4-7,13,15H,8-10H2,1H3. The zero-order valence-corrected chi connectivity index (χ0v) is 9.42. The van der Waals surface area contributed by atoms with Gasteiger partial charge in [0.15, 0.2) is 5.78 Å². The number of rotatable bonds is 2. The number of benzene rings is 1. The predicted molar refractivity (Wildman–Crippen MR) is 64.0 cm³/mol. The van der Waals surface area contributed by atoms with Gasteiger partial charge >= 0.3 is 0 Å². The summed E-state index contributed by atoms with van der Waals surface area (Å²) in [5.74, 6) is 5.81. The Labute approximate surface area is 96.1 Å². The summed E-state index contributed by atoms with van der Waals surface area (Å²) in [5.41, 5.74) is 2.40. The van der Waals surface area contributed by atoms with Gasteiger partial charge in [-0.2, -0.15) is 0 Å². The van der Waals surface area contributed by atoms with Crippen molar-refractivity contribution in [3.8, 4) is 11.8 Å². The van der Waals surface area contributed by atoms with Crippen molar-refractivity contribution in [1.29, 1.82) is 0 Å². The molecular weight excluding hydrogens is 198 g/mol. The zero-order chi connectivity index (χ0) is 11.4. The van der Waals surface area contributed by atoms with E-state index >= 15 is 0 Å². The lowest BCUT2D eigenvalue weighted by atomic mass is 9.87. The molecule has 1 aromatic carbocycles. The van der Waals surface area contributed by atoms with E-state index in [1.807, 2.05) is 12.1 Å². The van der Waals surface area contributed by atoms with Gasteiger partial charge in [-0.15, -0.1) is 5.92 Å². The van der Waals surface area contributed by atoms with Crippen LogP contribution in [0.2, 0.25) is 0 Å². The fraction of sp³-hybridized carbons (Fsp3) is 0.357. The van der Waals surface area contributed by atoms with Crippen LogP contribution in [0.25, 0.3) is 0 Å². The fourth-order valence-corrected chi connectivity index (χ4v) is 2.08. The van der Waals surface area contributed by atoms with Crippen molar-refractivity contribution >= 4 is 5.78 Å². The second-order valence-electron chi connectivity index (χ2n) is 3.95. The Balaban J connectivity index is 2.23. The first-order chi connectivity index (χ1) is 7.83. The van der Waals surface area contributed by atoms with Crippen LogP contribution in [0.3, 0.4) is 0 Å². The number of hydrogen-bond donors (Lipinski definition) is 1. The summed E-state index contributed by atoms with van der Waals surface area (Å²) in [4.78, 5) is 12.0. The van der Waals surface area contributed by atoms with Crippen molar-refractivity contribution in [1.82, 2.24) is 5.32 Å². The molecule has 1 aliphatic heterocycles. The lowest BCUT2D eigenvalue weighted by molar-refractivity contribution is -0.119. The molecule has 1 unspecified atom stereocenters. The highest BCUT2D eigenvalue weighted by Gasteiger charge is 2.24. The smallest absolute Gasteiger partial charge is 0.153 e. The Morgan fingerprint density at radius 1 is 1.50 bits per heavy atom. The number of ketones is 1. The molecule has 0 spiro atoms. The van der Waals surface area contributed by atoms with Crippen LogP contribution in [0, 0.1) is 11.8 Å². The van der Waals surface area contributed by atoms with Gasteiger partial charge in [0.05, 0.1) is 12.3 Å². The van der Waals surface area contributed by atoms with E-state index < -0.39 is 0 Å². The first-order valence-electron chi connectivity index (χ1n) is 5.53. The van der Waals surface area contributed by atoms with Crippen LogP contribution >= 0.6 is 0 Å². The molecule has 16 heavy (non-hydrogen) atoms. The van der Waals surface area contributed by atoms with Gasteiger partial charge in [-0.3, -0.25) is 4.79 Å². The van der Waals surface area contributed by atoms with Gasteiger partial charge in [-0.1, -0.05) is 30.2 Å². The second-order valence-corrected chi connectivity index (χ2v) is 3.95. The van der Waals surface area contributed by atoms with Crippen LogP contribution in [0.5, 0.6) is 0 Å². The van der Waals surface area contributed by atoms with E-state index in [4.69, 9.17) is 0 Å².